The highest BCUT2D eigenvalue weighted by atomic mass is 19.1. The van der Waals surface area contributed by atoms with Gasteiger partial charge in [0.2, 0.25) is 0 Å². The van der Waals surface area contributed by atoms with Crippen LogP contribution >= 0.6 is 0 Å². The maximum Gasteiger partial charge on any atom is 0.123 e. The number of halogens is 1. The Morgan fingerprint density at radius 3 is 2.67 bits per heavy atom. The zero-order valence-electron chi connectivity index (χ0n) is 11.5. The molecule has 3 nitrogen and oxygen atoms in total. The first-order valence-electron chi connectivity index (χ1n) is 6.13. The van der Waals surface area contributed by atoms with Gasteiger partial charge in [-0.25, -0.2) is 4.39 Å². The molecule has 0 fully saturated rings. The van der Waals surface area contributed by atoms with E-state index >= 15 is 0 Å². The van der Waals surface area contributed by atoms with Crippen LogP contribution in [-0.4, -0.2) is 30.4 Å². The third-order valence-corrected chi connectivity index (χ3v) is 3.16. The number of hydrogen-bond acceptors (Lipinski definition) is 3. The summed E-state index contributed by atoms with van der Waals surface area (Å²) in [5.41, 5.74) is 0.407. The second-order valence-corrected chi connectivity index (χ2v) is 5.01. The summed E-state index contributed by atoms with van der Waals surface area (Å²) in [5, 5.41) is 12.4. The van der Waals surface area contributed by atoms with E-state index in [1.165, 1.54) is 12.1 Å². The number of likely N-dealkylation sites (N-methyl/N-ethyl adjacent to an activating group) is 1. The zero-order valence-corrected chi connectivity index (χ0v) is 11.5. The third kappa shape index (κ3) is 3.96. The molecule has 2 atom stereocenters. The molecule has 0 spiro atoms. The van der Waals surface area contributed by atoms with Crippen molar-refractivity contribution in [1.29, 1.82) is 0 Å². The first-order chi connectivity index (χ1) is 8.40. The Morgan fingerprint density at radius 1 is 1.50 bits per heavy atom. The van der Waals surface area contributed by atoms with Crippen LogP contribution in [0, 0.1) is 12.7 Å². The summed E-state index contributed by atoms with van der Waals surface area (Å²) in [4.78, 5) is 0. The molecule has 0 heterocycles. The van der Waals surface area contributed by atoms with E-state index in [4.69, 9.17) is 4.74 Å². The normalized spacial score (nSPS) is 16.1. The highest BCUT2D eigenvalue weighted by molar-refractivity contribution is 5.32. The monoisotopic (exact) mass is 255 g/mol. The van der Waals surface area contributed by atoms with Gasteiger partial charge in [0.05, 0.1) is 12.7 Å². The SMILES string of the molecule is CNC(C)(CO)CC(C)Oc1ccc(F)cc1C. The Morgan fingerprint density at radius 2 is 2.17 bits per heavy atom. The van der Waals surface area contributed by atoms with Gasteiger partial charge in [0.1, 0.15) is 11.6 Å². The fourth-order valence-corrected chi connectivity index (χ4v) is 1.88. The van der Waals surface area contributed by atoms with Crippen LogP contribution in [0.2, 0.25) is 0 Å². The Balaban J connectivity index is 2.67. The standard InChI is InChI=1S/C14H22FNO2/c1-10-7-12(15)5-6-13(10)18-11(2)8-14(3,9-17)16-4/h5-7,11,16-17H,8-9H2,1-4H3. The van der Waals surface area contributed by atoms with Gasteiger partial charge in [-0.2, -0.15) is 0 Å². The van der Waals surface area contributed by atoms with E-state index < -0.39 is 0 Å². The number of aliphatic hydroxyl groups excluding tert-OH is 1. The van der Waals surface area contributed by atoms with Gasteiger partial charge in [0, 0.05) is 12.0 Å². The lowest BCUT2D eigenvalue weighted by atomic mass is 9.96. The molecule has 0 aliphatic carbocycles. The summed E-state index contributed by atoms with van der Waals surface area (Å²) in [6.07, 6.45) is 0.593. The Labute approximate surface area is 108 Å². The molecule has 0 aliphatic heterocycles. The Hall–Kier alpha value is -1.13. The summed E-state index contributed by atoms with van der Waals surface area (Å²) in [6.45, 7) is 5.73. The van der Waals surface area contributed by atoms with Gasteiger partial charge in [-0.3, -0.25) is 0 Å². The number of hydrogen-bond donors (Lipinski definition) is 2. The molecule has 102 valence electrons. The molecule has 4 heteroatoms. The number of rotatable bonds is 6. The Bertz CT molecular complexity index is 391. The van der Waals surface area contributed by atoms with Crippen LogP contribution in [0.1, 0.15) is 25.8 Å². The van der Waals surface area contributed by atoms with Gasteiger partial charge < -0.3 is 15.2 Å². The second kappa shape index (κ2) is 6.16. The molecule has 0 aromatic heterocycles. The zero-order chi connectivity index (χ0) is 13.8. The number of benzene rings is 1. The van der Waals surface area contributed by atoms with E-state index in [-0.39, 0.29) is 24.1 Å². The van der Waals surface area contributed by atoms with Crippen molar-refractivity contribution in [3.63, 3.8) is 0 Å². The van der Waals surface area contributed by atoms with Crippen molar-refractivity contribution in [1.82, 2.24) is 5.32 Å². The predicted molar refractivity (Wildman–Crippen MR) is 70.4 cm³/mol. The number of ether oxygens (including phenoxy) is 1. The molecule has 1 rings (SSSR count). The molecule has 0 saturated heterocycles. The van der Waals surface area contributed by atoms with Crippen molar-refractivity contribution in [2.75, 3.05) is 13.7 Å². The second-order valence-electron chi connectivity index (χ2n) is 5.01. The molecule has 1 aromatic rings. The van der Waals surface area contributed by atoms with E-state index in [0.29, 0.717) is 12.2 Å². The van der Waals surface area contributed by atoms with Crippen LogP contribution in [0.3, 0.4) is 0 Å². The van der Waals surface area contributed by atoms with Crippen molar-refractivity contribution >= 4 is 0 Å². The number of aryl methyl sites for hydroxylation is 1. The fraction of sp³-hybridized carbons (Fsp3) is 0.571. The third-order valence-electron chi connectivity index (χ3n) is 3.16. The van der Waals surface area contributed by atoms with Crippen molar-refractivity contribution < 1.29 is 14.2 Å². The molecule has 0 radical (unpaired) electrons. The minimum Gasteiger partial charge on any atom is -0.490 e. The van der Waals surface area contributed by atoms with Crippen molar-refractivity contribution in [2.45, 2.75) is 38.8 Å². The van der Waals surface area contributed by atoms with Crippen LogP contribution in [0.15, 0.2) is 18.2 Å². The number of nitrogens with one attached hydrogen (secondary N) is 1. The first-order valence-corrected chi connectivity index (χ1v) is 6.13. The summed E-state index contributed by atoms with van der Waals surface area (Å²) in [5.74, 6) is 0.420. The minimum absolute atomic E-state index is 0.0413. The molecule has 2 unspecified atom stereocenters. The lowest BCUT2D eigenvalue weighted by molar-refractivity contribution is 0.115. The maximum absolute atomic E-state index is 13.0. The van der Waals surface area contributed by atoms with Crippen molar-refractivity contribution in [2.24, 2.45) is 0 Å². The molecule has 0 saturated carbocycles. The summed E-state index contributed by atoms with van der Waals surface area (Å²) >= 11 is 0. The van der Waals surface area contributed by atoms with E-state index in [0.717, 1.165) is 5.56 Å². The van der Waals surface area contributed by atoms with Crippen molar-refractivity contribution in [3.8, 4) is 5.75 Å². The van der Waals surface area contributed by atoms with Crippen molar-refractivity contribution in [3.05, 3.63) is 29.6 Å². The van der Waals surface area contributed by atoms with Crippen LogP contribution in [-0.2, 0) is 0 Å². The molecule has 1 aromatic carbocycles. The van der Waals surface area contributed by atoms with Crippen LogP contribution in [0.25, 0.3) is 0 Å². The van der Waals surface area contributed by atoms with E-state index in [9.17, 15) is 9.50 Å². The molecule has 18 heavy (non-hydrogen) atoms. The van der Waals surface area contributed by atoms with Gasteiger partial charge in [0.25, 0.3) is 0 Å². The quantitative estimate of drug-likeness (QED) is 0.819. The Kier molecular flexibility index (Phi) is 5.11. The summed E-state index contributed by atoms with van der Waals surface area (Å²) in [6, 6.07) is 4.47. The molecular weight excluding hydrogens is 233 g/mol. The molecule has 0 amide bonds. The van der Waals surface area contributed by atoms with Gasteiger partial charge in [-0.15, -0.1) is 0 Å². The molecule has 2 N–H and O–H groups in total. The minimum atomic E-state index is -0.368. The van der Waals surface area contributed by atoms with Gasteiger partial charge in [-0.1, -0.05) is 0 Å². The lowest BCUT2D eigenvalue weighted by Gasteiger charge is -2.30. The summed E-state index contributed by atoms with van der Waals surface area (Å²) in [7, 11) is 1.81. The predicted octanol–water partition coefficient (Wildman–Crippen LogP) is 2.26. The maximum atomic E-state index is 13.0. The van der Waals surface area contributed by atoms with E-state index in [1.54, 1.807) is 6.07 Å². The van der Waals surface area contributed by atoms with E-state index in [2.05, 4.69) is 5.32 Å². The van der Waals surface area contributed by atoms with Gasteiger partial charge >= 0.3 is 0 Å². The topological polar surface area (TPSA) is 41.5 Å². The molecule has 0 bridgehead atoms. The van der Waals surface area contributed by atoms with E-state index in [1.807, 2.05) is 27.8 Å². The lowest BCUT2D eigenvalue weighted by Crippen LogP contribution is -2.46. The average molecular weight is 255 g/mol. The average Bonchev–Trinajstić information content (AvgIpc) is 2.32. The summed E-state index contributed by atoms with van der Waals surface area (Å²) < 4.78 is 18.7. The molecular formula is C14H22FNO2. The van der Waals surface area contributed by atoms with Crippen LogP contribution < -0.4 is 10.1 Å². The molecule has 0 aliphatic rings. The smallest absolute Gasteiger partial charge is 0.123 e. The number of aliphatic hydroxyl groups is 1. The highest BCUT2D eigenvalue weighted by Gasteiger charge is 2.24. The fourth-order valence-electron chi connectivity index (χ4n) is 1.88. The van der Waals surface area contributed by atoms with Crippen LogP contribution in [0.4, 0.5) is 4.39 Å². The van der Waals surface area contributed by atoms with Gasteiger partial charge in [0.15, 0.2) is 0 Å². The van der Waals surface area contributed by atoms with Gasteiger partial charge in [-0.05, 0) is 51.6 Å². The first kappa shape index (κ1) is 14.9. The van der Waals surface area contributed by atoms with Crippen LogP contribution in [0.5, 0.6) is 5.75 Å². The largest absolute Gasteiger partial charge is 0.490 e. The highest BCUT2D eigenvalue weighted by Crippen LogP contribution is 2.22.